The van der Waals surface area contributed by atoms with Gasteiger partial charge in [-0.2, -0.15) is 0 Å². The first-order chi connectivity index (χ1) is 11.5. The molecule has 0 bridgehead atoms. The van der Waals surface area contributed by atoms with Gasteiger partial charge in [0, 0.05) is 30.3 Å². The molecule has 0 radical (unpaired) electrons. The smallest absolute Gasteiger partial charge is 0.271 e. The van der Waals surface area contributed by atoms with Crippen molar-refractivity contribution in [2.45, 2.75) is 58.0 Å². The SMILES string of the molecule is CC(C)(C)[Si](C)(C)OC[C@@H](O)CCn1ccc2ccc([N+](=O)[O-])cc21. The van der Waals surface area contributed by atoms with E-state index in [2.05, 4.69) is 33.9 Å². The molecule has 0 aliphatic carbocycles. The fraction of sp³-hybridized carbons (Fsp3) is 0.556. The summed E-state index contributed by atoms with van der Waals surface area (Å²) in [5.41, 5.74) is 0.890. The van der Waals surface area contributed by atoms with Gasteiger partial charge in [0.15, 0.2) is 8.32 Å². The third-order valence-electron chi connectivity index (χ3n) is 5.11. The molecule has 2 aromatic rings. The summed E-state index contributed by atoms with van der Waals surface area (Å²) < 4.78 is 8.00. The number of nitrogens with zero attached hydrogens (tertiary/aromatic N) is 2. The van der Waals surface area contributed by atoms with Crippen molar-refractivity contribution in [3.05, 3.63) is 40.6 Å². The summed E-state index contributed by atoms with van der Waals surface area (Å²) in [6.45, 7) is 11.8. The molecule has 1 N–H and O–H groups in total. The highest BCUT2D eigenvalue weighted by molar-refractivity contribution is 6.74. The first kappa shape index (κ1) is 19.6. The number of aliphatic hydroxyl groups is 1. The number of aromatic nitrogens is 1. The number of rotatable bonds is 7. The van der Waals surface area contributed by atoms with Crippen LogP contribution >= 0.6 is 0 Å². The van der Waals surface area contributed by atoms with Crippen molar-refractivity contribution in [1.82, 2.24) is 4.57 Å². The van der Waals surface area contributed by atoms with Gasteiger partial charge in [0.2, 0.25) is 0 Å². The molecule has 0 spiro atoms. The largest absolute Gasteiger partial charge is 0.414 e. The molecule has 138 valence electrons. The Labute approximate surface area is 149 Å². The first-order valence-corrected chi connectivity index (χ1v) is 11.5. The zero-order chi connectivity index (χ0) is 18.8. The third-order valence-corrected chi connectivity index (χ3v) is 9.62. The molecule has 6 nitrogen and oxygen atoms in total. The summed E-state index contributed by atoms with van der Waals surface area (Å²) in [6.07, 6.45) is 1.89. The van der Waals surface area contributed by atoms with Gasteiger partial charge in [-0.25, -0.2) is 0 Å². The predicted octanol–water partition coefficient (Wildman–Crippen LogP) is 4.32. The van der Waals surface area contributed by atoms with Crippen LogP contribution in [0.5, 0.6) is 0 Å². The fourth-order valence-corrected chi connectivity index (χ4v) is 3.42. The van der Waals surface area contributed by atoms with Gasteiger partial charge in [0.1, 0.15) is 0 Å². The van der Waals surface area contributed by atoms with E-state index in [0.29, 0.717) is 19.6 Å². The second kappa shape index (κ2) is 7.27. The molecular weight excluding hydrogens is 336 g/mol. The molecule has 25 heavy (non-hydrogen) atoms. The fourth-order valence-electron chi connectivity index (χ4n) is 2.37. The van der Waals surface area contributed by atoms with Crippen LogP contribution < -0.4 is 0 Å². The average molecular weight is 365 g/mol. The summed E-state index contributed by atoms with van der Waals surface area (Å²) in [5, 5.41) is 22.3. The van der Waals surface area contributed by atoms with E-state index in [-0.39, 0.29) is 10.7 Å². The van der Waals surface area contributed by atoms with Crippen molar-refractivity contribution in [2.24, 2.45) is 0 Å². The lowest BCUT2D eigenvalue weighted by molar-refractivity contribution is -0.384. The molecule has 1 heterocycles. The summed E-state index contributed by atoms with van der Waals surface area (Å²) >= 11 is 0. The molecular formula is C18H28N2O4Si. The van der Waals surface area contributed by atoms with Gasteiger partial charge in [-0.05, 0) is 36.7 Å². The minimum Gasteiger partial charge on any atom is -0.414 e. The summed E-state index contributed by atoms with van der Waals surface area (Å²) in [5.74, 6) is 0. The minimum absolute atomic E-state index is 0.0780. The molecule has 0 aliphatic rings. The van der Waals surface area contributed by atoms with Crippen LogP contribution in [0, 0.1) is 10.1 Å². The van der Waals surface area contributed by atoms with E-state index in [1.54, 1.807) is 12.1 Å². The number of benzene rings is 1. The topological polar surface area (TPSA) is 77.5 Å². The Balaban J connectivity index is 1.98. The number of aryl methyl sites for hydroxylation is 1. The van der Waals surface area contributed by atoms with E-state index in [4.69, 9.17) is 4.43 Å². The molecule has 1 aromatic carbocycles. The lowest BCUT2D eigenvalue weighted by atomic mass is 10.2. The molecule has 1 aromatic heterocycles. The highest BCUT2D eigenvalue weighted by atomic mass is 28.4. The van der Waals surface area contributed by atoms with Gasteiger partial charge in [-0.1, -0.05) is 20.8 Å². The first-order valence-electron chi connectivity index (χ1n) is 8.56. The van der Waals surface area contributed by atoms with E-state index in [9.17, 15) is 15.2 Å². The van der Waals surface area contributed by atoms with Crippen molar-refractivity contribution < 1.29 is 14.5 Å². The number of nitro groups is 1. The zero-order valence-electron chi connectivity index (χ0n) is 15.7. The normalized spacial score (nSPS) is 14.0. The maximum absolute atomic E-state index is 10.9. The standard InChI is InChI=1S/C18H28N2O4Si/c1-18(2,3)25(4,5)24-13-16(21)9-11-19-10-8-14-6-7-15(20(22)23)12-17(14)19/h6-8,10,12,16,21H,9,11,13H2,1-5H3/t16-/m0/s1. The Morgan fingerprint density at radius 1 is 1.32 bits per heavy atom. The average Bonchev–Trinajstić information content (AvgIpc) is 2.92. The molecule has 7 heteroatoms. The quantitative estimate of drug-likeness (QED) is 0.451. The van der Waals surface area contributed by atoms with Crippen LogP contribution in [-0.4, -0.2) is 35.6 Å². The number of nitro benzene ring substituents is 1. The summed E-state index contributed by atoms with van der Waals surface area (Å²) in [6, 6.07) is 6.76. The molecule has 2 rings (SSSR count). The van der Waals surface area contributed by atoms with E-state index in [1.165, 1.54) is 6.07 Å². The summed E-state index contributed by atoms with van der Waals surface area (Å²) in [7, 11) is -1.87. The van der Waals surface area contributed by atoms with Crippen molar-refractivity contribution in [3.63, 3.8) is 0 Å². The summed E-state index contributed by atoms with van der Waals surface area (Å²) in [4.78, 5) is 10.6. The zero-order valence-corrected chi connectivity index (χ0v) is 16.7. The van der Waals surface area contributed by atoms with Gasteiger partial charge < -0.3 is 14.1 Å². The van der Waals surface area contributed by atoms with Crippen molar-refractivity contribution in [3.8, 4) is 0 Å². The highest BCUT2D eigenvalue weighted by Gasteiger charge is 2.37. The Morgan fingerprint density at radius 2 is 2.00 bits per heavy atom. The van der Waals surface area contributed by atoms with Crippen LogP contribution in [-0.2, 0) is 11.0 Å². The van der Waals surface area contributed by atoms with Crippen LogP contribution in [0.25, 0.3) is 10.9 Å². The maximum Gasteiger partial charge on any atom is 0.271 e. The number of fused-ring (bicyclic) bond motifs is 1. The molecule has 0 saturated heterocycles. The molecule has 0 amide bonds. The van der Waals surface area contributed by atoms with Crippen LogP contribution in [0.15, 0.2) is 30.5 Å². The van der Waals surface area contributed by atoms with Crippen molar-refractivity contribution in [1.29, 1.82) is 0 Å². The molecule has 1 atom stereocenters. The van der Waals surface area contributed by atoms with Gasteiger partial charge in [-0.3, -0.25) is 10.1 Å². The lowest BCUT2D eigenvalue weighted by Gasteiger charge is -2.36. The Hall–Kier alpha value is -1.70. The van der Waals surface area contributed by atoms with Crippen LogP contribution in [0.4, 0.5) is 5.69 Å². The minimum atomic E-state index is -1.87. The molecule has 0 aliphatic heterocycles. The lowest BCUT2D eigenvalue weighted by Crippen LogP contribution is -2.42. The van der Waals surface area contributed by atoms with Crippen LogP contribution in [0.1, 0.15) is 27.2 Å². The van der Waals surface area contributed by atoms with Gasteiger partial charge in [0.25, 0.3) is 5.69 Å². The van der Waals surface area contributed by atoms with Gasteiger partial charge >= 0.3 is 0 Å². The van der Waals surface area contributed by atoms with E-state index < -0.39 is 19.3 Å². The van der Waals surface area contributed by atoms with Crippen LogP contribution in [0.3, 0.4) is 0 Å². The third kappa shape index (κ3) is 4.68. The number of hydrogen-bond donors (Lipinski definition) is 1. The number of non-ortho nitro benzene ring substituents is 1. The maximum atomic E-state index is 10.9. The Kier molecular flexibility index (Phi) is 5.71. The second-order valence-electron chi connectivity index (χ2n) is 8.02. The monoisotopic (exact) mass is 364 g/mol. The number of aliphatic hydroxyl groups excluding tert-OH is 1. The van der Waals surface area contributed by atoms with Gasteiger partial charge in [0.05, 0.1) is 23.2 Å². The molecule has 0 unspecified atom stereocenters. The second-order valence-corrected chi connectivity index (χ2v) is 12.8. The van der Waals surface area contributed by atoms with E-state index >= 15 is 0 Å². The van der Waals surface area contributed by atoms with Crippen molar-refractivity contribution in [2.75, 3.05) is 6.61 Å². The molecule has 0 fully saturated rings. The predicted molar refractivity (Wildman–Crippen MR) is 102 cm³/mol. The highest BCUT2D eigenvalue weighted by Crippen LogP contribution is 2.36. The van der Waals surface area contributed by atoms with E-state index in [1.807, 2.05) is 16.8 Å². The van der Waals surface area contributed by atoms with Crippen molar-refractivity contribution >= 4 is 24.9 Å². The Bertz CT molecular complexity index is 749. The van der Waals surface area contributed by atoms with E-state index in [0.717, 1.165) is 10.9 Å². The van der Waals surface area contributed by atoms with Crippen LogP contribution in [0.2, 0.25) is 18.1 Å². The van der Waals surface area contributed by atoms with Gasteiger partial charge in [-0.15, -0.1) is 0 Å². The molecule has 0 saturated carbocycles. The number of hydrogen-bond acceptors (Lipinski definition) is 4. The Morgan fingerprint density at radius 3 is 2.60 bits per heavy atom.